The van der Waals surface area contributed by atoms with Crippen LogP contribution in [0.3, 0.4) is 0 Å². The van der Waals surface area contributed by atoms with Crippen LogP contribution in [0.25, 0.3) is 0 Å². The number of rotatable bonds is 3. The third kappa shape index (κ3) is 2.06. The summed E-state index contributed by atoms with van der Waals surface area (Å²) in [6.07, 6.45) is 6.74. The van der Waals surface area contributed by atoms with Crippen molar-refractivity contribution in [2.75, 3.05) is 19.8 Å². The highest BCUT2D eigenvalue weighted by Crippen LogP contribution is 2.39. The molecule has 1 atom stereocenters. The van der Waals surface area contributed by atoms with Crippen LogP contribution in [0.2, 0.25) is 0 Å². The lowest BCUT2D eigenvalue weighted by molar-refractivity contribution is 0.0773. The number of aromatic nitrogens is 2. The maximum atomic E-state index is 5.94. The number of ether oxygens (including phenoxy) is 1. The van der Waals surface area contributed by atoms with E-state index in [2.05, 4.69) is 10.1 Å². The highest BCUT2D eigenvalue weighted by atomic mass is 16.5. The molecule has 0 bridgehead atoms. The topological polar surface area (TPSA) is 74.2 Å². The van der Waals surface area contributed by atoms with Gasteiger partial charge in [-0.25, -0.2) is 0 Å². The Hall–Kier alpha value is -0.940. The van der Waals surface area contributed by atoms with E-state index in [-0.39, 0.29) is 5.41 Å². The van der Waals surface area contributed by atoms with E-state index in [1.165, 1.54) is 12.8 Å². The molecule has 1 saturated heterocycles. The zero-order valence-electron chi connectivity index (χ0n) is 10.7. The van der Waals surface area contributed by atoms with Gasteiger partial charge in [-0.05, 0) is 25.7 Å². The van der Waals surface area contributed by atoms with Crippen molar-refractivity contribution in [3.63, 3.8) is 0 Å². The monoisotopic (exact) mass is 251 g/mol. The van der Waals surface area contributed by atoms with Gasteiger partial charge in [0.2, 0.25) is 5.89 Å². The van der Waals surface area contributed by atoms with Crippen molar-refractivity contribution in [1.29, 1.82) is 0 Å². The second-order valence-corrected chi connectivity index (χ2v) is 5.56. The smallest absolute Gasteiger partial charge is 0.234 e. The first kappa shape index (κ1) is 12.1. The quantitative estimate of drug-likeness (QED) is 0.885. The summed E-state index contributed by atoms with van der Waals surface area (Å²) in [6.45, 7) is 2.18. The fraction of sp³-hybridized carbons (Fsp3) is 0.846. The average Bonchev–Trinajstić information content (AvgIpc) is 3.09. The Kier molecular flexibility index (Phi) is 3.35. The molecule has 1 aliphatic heterocycles. The van der Waals surface area contributed by atoms with Gasteiger partial charge >= 0.3 is 0 Å². The molecule has 100 valence electrons. The van der Waals surface area contributed by atoms with Gasteiger partial charge in [0.25, 0.3) is 0 Å². The van der Waals surface area contributed by atoms with Crippen LogP contribution >= 0.6 is 0 Å². The summed E-state index contributed by atoms with van der Waals surface area (Å²) in [5.74, 6) is 1.86. The van der Waals surface area contributed by atoms with Crippen molar-refractivity contribution in [2.45, 2.75) is 49.9 Å². The molecular formula is C13H21N3O2. The van der Waals surface area contributed by atoms with Crippen LogP contribution in [-0.2, 0) is 10.2 Å². The molecule has 2 N–H and O–H groups in total. The van der Waals surface area contributed by atoms with Crippen LogP contribution in [0.1, 0.15) is 56.2 Å². The van der Waals surface area contributed by atoms with Crippen molar-refractivity contribution >= 4 is 0 Å². The van der Waals surface area contributed by atoms with Gasteiger partial charge in [-0.15, -0.1) is 0 Å². The third-order valence-corrected chi connectivity index (χ3v) is 4.37. The molecule has 0 spiro atoms. The molecule has 18 heavy (non-hydrogen) atoms. The SMILES string of the molecule is NCC1(c2nc(C3CCCOC3)no2)CCCC1. The van der Waals surface area contributed by atoms with Gasteiger partial charge in [0.05, 0.1) is 12.0 Å². The fourth-order valence-corrected chi connectivity index (χ4v) is 3.12. The van der Waals surface area contributed by atoms with Crippen LogP contribution < -0.4 is 5.73 Å². The van der Waals surface area contributed by atoms with Crippen LogP contribution in [0.15, 0.2) is 4.52 Å². The molecule has 2 heterocycles. The normalized spacial score (nSPS) is 27.5. The summed E-state index contributed by atoms with van der Waals surface area (Å²) in [5, 5.41) is 4.16. The van der Waals surface area contributed by atoms with Crippen molar-refractivity contribution in [1.82, 2.24) is 10.1 Å². The second-order valence-electron chi connectivity index (χ2n) is 5.56. The lowest BCUT2D eigenvalue weighted by Gasteiger charge is -2.22. The van der Waals surface area contributed by atoms with Crippen molar-refractivity contribution in [2.24, 2.45) is 5.73 Å². The Bertz CT molecular complexity index is 393. The standard InChI is InChI=1S/C13H21N3O2/c14-9-13(5-1-2-6-13)12-15-11(16-18-12)10-4-3-7-17-8-10/h10H,1-9,14H2. The molecular weight excluding hydrogens is 230 g/mol. The highest BCUT2D eigenvalue weighted by molar-refractivity contribution is 5.10. The summed E-state index contributed by atoms with van der Waals surface area (Å²) in [6, 6.07) is 0. The van der Waals surface area contributed by atoms with E-state index in [0.29, 0.717) is 19.1 Å². The molecule has 1 aromatic heterocycles. The predicted molar refractivity (Wildman–Crippen MR) is 66.3 cm³/mol. The van der Waals surface area contributed by atoms with Crippen LogP contribution in [0.4, 0.5) is 0 Å². The van der Waals surface area contributed by atoms with E-state index in [4.69, 9.17) is 15.0 Å². The van der Waals surface area contributed by atoms with Gasteiger partial charge in [-0.3, -0.25) is 0 Å². The van der Waals surface area contributed by atoms with Crippen LogP contribution in [0, 0.1) is 0 Å². The lowest BCUT2D eigenvalue weighted by Crippen LogP contribution is -2.32. The Labute approximate surface area is 107 Å². The summed E-state index contributed by atoms with van der Waals surface area (Å²) >= 11 is 0. The van der Waals surface area contributed by atoms with Crippen molar-refractivity contribution < 1.29 is 9.26 Å². The zero-order valence-corrected chi connectivity index (χ0v) is 10.7. The van der Waals surface area contributed by atoms with Crippen molar-refractivity contribution in [3.05, 3.63) is 11.7 Å². The molecule has 1 aromatic rings. The van der Waals surface area contributed by atoms with Gasteiger partial charge in [0.1, 0.15) is 0 Å². The molecule has 0 amide bonds. The average molecular weight is 251 g/mol. The Morgan fingerprint density at radius 2 is 2.11 bits per heavy atom. The lowest BCUT2D eigenvalue weighted by atomic mass is 9.86. The molecule has 1 saturated carbocycles. The molecule has 1 unspecified atom stereocenters. The number of nitrogens with zero attached hydrogens (tertiary/aromatic N) is 2. The van der Waals surface area contributed by atoms with E-state index >= 15 is 0 Å². The number of hydrogen-bond donors (Lipinski definition) is 1. The van der Waals surface area contributed by atoms with E-state index in [9.17, 15) is 0 Å². The zero-order chi connectivity index (χ0) is 12.4. The summed E-state index contributed by atoms with van der Waals surface area (Å²) in [4.78, 5) is 4.62. The van der Waals surface area contributed by atoms with E-state index < -0.39 is 0 Å². The minimum atomic E-state index is -0.0548. The van der Waals surface area contributed by atoms with Gasteiger partial charge < -0.3 is 15.0 Å². The Morgan fingerprint density at radius 1 is 1.28 bits per heavy atom. The van der Waals surface area contributed by atoms with E-state index in [0.717, 1.165) is 44.0 Å². The molecule has 0 radical (unpaired) electrons. The fourth-order valence-electron chi connectivity index (χ4n) is 3.12. The van der Waals surface area contributed by atoms with Gasteiger partial charge in [0, 0.05) is 19.1 Å². The summed E-state index contributed by atoms with van der Waals surface area (Å²) < 4.78 is 11.0. The molecule has 5 nitrogen and oxygen atoms in total. The first-order chi connectivity index (χ1) is 8.84. The molecule has 2 aliphatic rings. The summed E-state index contributed by atoms with van der Waals surface area (Å²) in [7, 11) is 0. The highest BCUT2D eigenvalue weighted by Gasteiger charge is 2.40. The molecule has 3 rings (SSSR count). The van der Waals surface area contributed by atoms with Crippen LogP contribution in [0.5, 0.6) is 0 Å². The Morgan fingerprint density at radius 3 is 2.78 bits per heavy atom. The predicted octanol–water partition coefficient (Wildman–Crippen LogP) is 1.73. The van der Waals surface area contributed by atoms with Gasteiger partial charge in [0.15, 0.2) is 5.82 Å². The van der Waals surface area contributed by atoms with E-state index in [1.54, 1.807) is 0 Å². The number of hydrogen-bond acceptors (Lipinski definition) is 5. The first-order valence-corrected chi connectivity index (χ1v) is 6.96. The summed E-state index contributed by atoms with van der Waals surface area (Å²) in [5.41, 5.74) is 5.88. The van der Waals surface area contributed by atoms with Gasteiger partial charge in [-0.1, -0.05) is 18.0 Å². The largest absolute Gasteiger partial charge is 0.381 e. The maximum absolute atomic E-state index is 5.94. The minimum absolute atomic E-state index is 0.0548. The first-order valence-electron chi connectivity index (χ1n) is 6.96. The third-order valence-electron chi connectivity index (χ3n) is 4.37. The van der Waals surface area contributed by atoms with E-state index in [1.807, 2.05) is 0 Å². The minimum Gasteiger partial charge on any atom is -0.381 e. The second kappa shape index (κ2) is 4.97. The van der Waals surface area contributed by atoms with Gasteiger partial charge in [-0.2, -0.15) is 4.98 Å². The molecule has 0 aromatic carbocycles. The van der Waals surface area contributed by atoms with Crippen molar-refractivity contribution in [3.8, 4) is 0 Å². The maximum Gasteiger partial charge on any atom is 0.234 e. The molecule has 2 fully saturated rings. The van der Waals surface area contributed by atoms with Crippen LogP contribution in [-0.4, -0.2) is 29.9 Å². The molecule has 5 heteroatoms. The molecule has 1 aliphatic carbocycles. The number of nitrogens with two attached hydrogens (primary N) is 1. The Balaban J connectivity index is 1.79.